The Morgan fingerprint density at radius 2 is 1.43 bits per heavy atom. The number of hydrogen-bond acceptors (Lipinski definition) is 2. The van der Waals surface area contributed by atoms with E-state index >= 15 is 0 Å². The van der Waals surface area contributed by atoms with E-state index in [-0.39, 0.29) is 0 Å². The lowest BCUT2D eigenvalue weighted by Crippen LogP contribution is -2.41. The predicted octanol–water partition coefficient (Wildman–Crippen LogP) is 2.61. The van der Waals surface area contributed by atoms with Gasteiger partial charge in [-0.25, -0.2) is 0 Å². The molecular formula is C12H23NO. The summed E-state index contributed by atoms with van der Waals surface area (Å²) < 4.78 is 6.12. The third-order valence-electron chi connectivity index (χ3n) is 3.67. The number of hydrogen-bond donors (Lipinski definition) is 1. The van der Waals surface area contributed by atoms with Gasteiger partial charge >= 0.3 is 0 Å². The van der Waals surface area contributed by atoms with E-state index in [0.29, 0.717) is 18.2 Å². The highest BCUT2D eigenvalue weighted by atomic mass is 16.5. The van der Waals surface area contributed by atoms with Gasteiger partial charge in [0, 0.05) is 6.04 Å². The molecule has 2 nitrogen and oxygen atoms in total. The van der Waals surface area contributed by atoms with Gasteiger partial charge in [0.25, 0.3) is 0 Å². The lowest BCUT2D eigenvalue weighted by molar-refractivity contribution is -0.0538. The fraction of sp³-hybridized carbons (Fsp3) is 1.00. The summed E-state index contributed by atoms with van der Waals surface area (Å²) in [5.41, 5.74) is 6.07. The molecule has 0 spiro atoms. The molecule has 2 heteroatoms. The van der Waals surface area contributed by atoms with Gasteiger partial charge in [0.2, 0.25) is 0 Å². The van der Waals surface area contributed by atoms with E-state index in [1.165, 1.54) is 51.4 Å². The monoisotopic (exact) mass is 197 g/mol. The van der Waals surface area contributed by atoms with Crippen molar-refractivity contribution in [1.82, 2.24) is 0 Å². The van der Waals surface area contributed by atoms with E-state index in [1.54, 1.807) is 0 Å². The van der Waals surface area contributed by atoms with Crippen LogP contribution in [0.25, 0.3) is 0 Å². The van der Waals surface area contributed by atoms with Crippen LogP contribution in [0.5, 0.6) is 0 Å². The molecule has 0 aromatic carbocycles. The van der Waals surface area contributed by atoms with Crippen molar-refractivity contribution in [3.8, 4) is 0 Å². The second-order valence-corrected chi connectivity index (χ2v) is 4.88. The lowest BCUT2D eigenvalue weighted by Gasteiger charge is -2.33. The largest absolute Gasteiger partial charge is 0.373 e. The van der Waals surface area contributed by atoms with E-state index in [9.17, 15) is 0 Å². The van der Waals surface area contributed by atoms with Crippen LogP contribution in [-0.2, 0) is 4.74 Å². The first-order valence-corrected chi connectivity index (χ1v) is 6.27. The van der Waals surface area contributed by atoms with Gasteiger partial charge in [-0.2, -0.15) is 0 Å². The third-order valence-corrected chi connectivity index (χ3v) is 3.67. The molecule has 2 rings (SSSR count). The minimum absolute atomic E-state index is 0.311. The van der Waals surface area contributed by atoms with Crippen LogP contribution in [-0.4, -0.2) is 18.2 Å². The number of nitrogens with two attached hydrogens (primary N) is 1. The van der Waals surface area contributed by atoms with Crippen molar-refractivity contribution in [3.63, 3.8) is 0 Å². The molecule has 2 atom stereocenters. The van der Waals surface area contributed by atoms with Crippen LogP contribution < -0.4 is 5.73 Å². The Bertz CT molecular complexity index is 166. The van der Waals surface area contributed by atoms with Gasteiger partial charge in [-0.3, -0.25) is 0 Å². The van der Waals surface area contributed by atoms with Gasteiger partial charge in [-0.15, -0.1) is 0 Å². The fourth-order valence-electron chi connectivity index (χ4n) is 2.74. The molecule has 0 radical (unpaired) electrons. The number of ether oxygens (including phenoxy) is 1. The molecule has 2 saturated carbocycles. The van der Waals surface area contributed by atoms with E-state index in [1.807, 2.05) is 0 Å². The highest BCUT2D eigenvalue weighted by Gasteiger charge is 2.26. The van der Waals surface area contributed by atoms with Crippen LogP contribution in [0, 0.1) is 0 Å². The van der Waals surface area contributed by atoms with E-state index < -0.39 is 0 Å². The molecule has 14 heavy (non-hydrogen) atoms. The molecule has 0 aromatic rings. The normalized spacial score (nSPS) is 35.8. The zero-order valence-corrected chi connectivity index (χ0v) is 9.08. The minimum atomic E-state index is 0.311. The van der Waals surface area contributed by atoms with Gasteiger partial charge in [-0.1, -0.05) is 32.1 Å². The molecular weight excluding hydrogens is 174 g/mol. The zero-order valence-electron chi connectivity index (χ0n) is 9.08. The molecule has 2 unspecified atom stereocenters. The topological polar surface area (TPSA) is 35.2 Å². The van der Waals surface area contributed by atoms with E-state index in [4.69, 9.17) is 10.5 Å². The molecule has 2 aliphatic rings. The molecule has 0 heterocycles. The van der Waals surface area contributed by atoms with Crippen LogP contribution in [0.1, 0.15) is 57.8 Å². The molecule has 2 aliphatic carbocycles. The summed E-state index contributed by atoms with van der Waals surface area (Å²) in [6.45, 7) is 0. The quantitative estimate of drug-likeness (QED) is 0.738. The van der Waals surface area contributed by atoms with Crippen LogP contribution >= 0.6 is 0 Å². The highest BCUT2D eigenvalue weighted by Crippen LogP contribution is 2.26. The van der Waals surface area contributed by atoms with Crippen LogP contribution in [0.2, 0.25) is 0 Å². The Labute approximate surface area is 87.2 Å². The minimum Gasteiger partial charge on any atom is -0.373 e. The predicted molar refractivity (Wildman–Crippen MR) is 58.2 cm³/mol. The second kappa shape index (κ2) is 5.13. The summed E-state index contributed by atoms with van der Waals surface area (Å²) >= 11 is 0. The maximum atomic E-state index is 6.12. The lowest BCUT2D eigenvalue weighted by atomic mass is 9.92. The van der Waals surface area contributed by atoms with Crippen LogP contribution in [0.4, 0.5) is 0 Å². The first-order chi connectivity index (χ1) is 6.86. The van der Waals surface area contributed by atoms with Gasteiger partial charge in [0.05, 0.1) is 12.2 Å². The Hall–Kier alpha value is -0.0800. The Morgan fingerprint density at radius 3 is 2.14 bits per heavy atom. The first kappa shape index (κ1) is 10.4. The number of rotatable bonds is 2. The molecule has 0 amide bonds. The third kappa shape index (κ3) is 2.71. The summed E-state index contributed by atoms with van der Waals surface area (Å²) in [6, 6.07) is 0.311. The smallest absolute Gasteiger partial charge is 0.0729 e. The standard InChI is InChI=1S/C12H23NO/c13-11-8-4-5-9-12(11)14-10-6-2-1-3-7-10/h10-12H,1-9,13H2. The van der Waals surface area contributed by atoms with Gasteiger partial charge in [0.15, 0.2) is 0 Å². The molecule has 0 saturated heterocycles. The van der Waals surface area contributed by atoms with Crippen molar-refractivity contribution in [2.24, 2.45) is 5.73 Å². The summed E-state index contributed by atoms with van der Waals surface area (Å²) in [7, 11) is 0. The van der Waals surface area contributed by atoms with Crippen molar-refractivity contribution in [2.45, 2.75) is 76.0 Å². The molecule has 0 bridgehead atoms. The van der Waals surface area contributed by atoms with Gasteiger partial charge < -0.3 is 10.5 Å². The van der Waals surface area contributed by atoms with Gasteiger partial charge in [0.1, 0.15) is 0 Å². The molecule has 0 aliphatic heterocycles. The van der Waals surface area contributed by atoms with Gasteiger partial charge in [-0.05, 0) is 25.7 Å². The molecule has 82 valence electrons. The molecule has 0 aromatic heterocycles. The van der Waals surface area contributed by atoms with Crippen molar-refractivity contribution in [2.75, 3.05) is 0 Å². The Morgan fingerprint density at radius 1 is 0.786 bits per heavy atom. The maximum absolute atomic E-state index is 6.12. The highest BCUT2D eigenvalue weighted by molar-refractivity contribution is 4.80. The molecule has 2 fully saturated rings. The maximum Gasteiger partial charge on any atom is 0.0729 e. The van der Waals surface area contributed by atoms with Crippen molar-refractivity contribution < 1.29 is 4.74 Å². The Kier molecular flexibility index (Phi) is 3.82. The van der Waals surface area contributed by atoms with Crippen LogP contribution in [0.3, 0.4) is 0 Å². The zero-order chi connectivity index (χ0) is 9.80. The summed E-state index contributed by atoms with van der Waals surface area (Å²) in [5, 5.41) is 0. The average molecular weight is 197 g/mol. The van der Waals surface area contributed by atoms with E-state index in [2.05, 4.69) is 0 Å². The van der Waals surface area contributed by atoms with Crippen LogP contribution in [0.15, 0.2) is 0 Å². The summed E-state index contributed by atoms with van der Waals surface area (Å²) in [4.78, 5) is 0. The SMILES string of the molecule is NC1CCCCC1OC1CCCCC1. The van der Waals surface area contributed by atoms with Crippen molar-refractivity contribution >= 4 is 0 Å². The second-order valence-electron chi connectivity index (χ2n) is 4.88. The molecule has 2 N–H and O–H groups in total. The summed E-state index contributed by atoms with van der Waals surface area (Å²) in [6.07, 6.45) is 12.5. The average Bonchev–Trinajstić information content (AvgIpc) is 2.23. The fourth-order valence-corrected chi connectivity index (χ4v) is 2.74. The summed E-state index contributed by atoms with van der Waals surface area (Å²) in [5.74, 6) is 0. The van der Waals surface area contributed by atoms with Crippen molar-refractivity contribution in [3.05, 3.63) is 0 Å². The Balaban J connectivity index is 1.76. The van der Waals surface area contributed by atoms with E-state index in [0.717, 1.165) is 6.42 Å². The van der Waals surface area contributed by atoms with Crippen molar-refractivity contribution in [1.29, 1.82) is 0 Å². The first-order valence-electron chi connectivity index (χ1n) is 6.27.